The van der Waals surface area contributed by atoms with Crippen LogP contribution in [0.2, 0.25) is 0 Å². The fraction of sp³-hybridized carbons (Fsp3) is 0.0625. The predicted octanol–water partition coefficient (Wildman–Crippen LogP) is 5.00. The molecule has 3 aromatic rings. The van der Waals surface area contributed by atoms with Crippen LogP contribution in [-0.4, -0.2) is 11.2 Å². The van der Waals surface area contributed by atoms with Gasteiger partial charge in [-0.2, -0.15) is 0 Å². The Hall–Kier alpha value is -1.56. The maximum Gasteiger partial charge on any atom is 0.107 e. The summed E-state index contributed by atoms with van der Waals surface area (Å²) >= 11 is 8.60. The number of thioether (sulfide) groups is 1. The number of nitrogens with two attached hydrogens (primary N) is 1. The van der Waals surface area contributed by atoms with Crippen molar-refractivity contribution in [3.63, 3.8) is 0 Å². The monoisotopic (exact) mass is 330 g/mol. The molecule has 21 heavy (non-hydrogen) atoms. The van der Waals surface area contributed by atoms with E-state index in [0.29, 0.717) is 4.99 Å². The van der Waals surface area contributed by atoms with E-state index < -0.39 is 0 Å². The number of nitrogens with one attached hydrogen (secondary N) is 1. The maximum atomic E-state index is 5.90. The molecule has 2 aromatic carbocycles. The number of benzene rings is 2. The SMILES string of the molecule is CSc1cccc(Nc2ccc3sccc3c2)c1C(N)=S. The van der Waals surface area contributed by atoms with Gasteiger partial charge in [0, 0.05) is 26.5 Å². The number of hydrogen-bond donors (Lipinski definition) is 2. The van der Waals surface area contributed by atoms with Gasteiger partial charge in [0.15, 0.2) is 0 Å². The molecular weight excluding hydrogens is 316 g/mol. The molecule has 5 heteroatoms. The highest BCUT2D eigenvalue weighted by Crippen LogP contribution is 2.31. The highest BCUT2D eigenvalue weighted by molar-refractivity contribution is 7.98. The topological polar surface area (TPSA) is 38.0 Å². The highest BCUT2D eigenvalue weighted by atomic mass is 32.2. The van der Waals surface area contributed by atoms with Gasteiger partial charge in [-0.25, -0.2) is 0 Å². The molecule has 3 N–H and O–H groups in total. The molecule has 0 aliphatic carbocycles. The number of thiocarbonyl (C=S) groups is 1. The van der Waals surface area contributed by atoms with E-state index in [-0.39, 0.29) is 0 Å². The van der Waals surface area contributed by atoms with E-state index in [4.69, 9.17) is 18.0 Å². The van der Waals surface area contributed by atoms with E-state index in [1.807, 2.05) is 24.5 Å². The summed E-state index contributed by atoms with van der Waals surface area (Å²) in [4.78, 5) is 1.50. The molecule has 0 unspecified atom stereocenters. The fourth-order valence-corrected chi connectivity index (χ4v) is 3.95. The predicted molar refractivity (Wildman–Crippen MR) is 99.2 cm³/mol. The van der Waals surface area contributed by atoms with E-state index in [0.717, 1.165) is 21.8 Å². The van der Waals surface area contributed by atoms with Gasteiger partial charge < -0.3 is 11.1 Å². The smallest absolute Gasteiger partial charge is 0.107 e. The first-order valence-electron chi connectivity index (χ1n) is 6.40. The Morgan fingerprint density at radius 3 is 2.86 bits per heavy atom. The zero-order chi connectivity index (χ0) is 14.8. The molecule has 0 bridgehead atoms. The van der Waals surface area contributed by atoms with Crippen molar-refractivity contribution in [1.29, 1.82) is 0 Å². The van der Waals surface area contributed by atoms with E-state index >= 15 is 0 Å². The molecule has 0 saturated carbocycles. The lowest BCUT2D eigenvalue weighted by Crippen LogP contribution is -2.13. The van der Waals surface area contributed by atoms with Crippen molar-refractivity contribution in [2.75, 3.05) is 11.6 Å². The van der Waals surface area contributed by atoms with Gasteiger partial charge in [0.05, 0.1) is 0 Å². The van der Waals surface area contributed by atoms with Crippen molar-refractivity contribution in [3.8, 4) is 0 Å². The Labute approximate surface area is 137 Å². The Balaban J connectivity index is 2.02. The lowest BCUT2D eigenvalue weighted by Gasteiger charge is -2.14. The molecule has 106 valence electrons. The van der Waals surface area contributed by atoms with Crippen molar-refractivity contribution in [3.05, 3.63) is 53.4 Å². The van der Waals surface area contributed by atoms with Crippen LogP contribution in [0.5, 0.6) is 0 Å². The summed E-state index contributed by atoms with van der Waals surface area (Å²) < 4.78 is 1.29. The summed E-state index contributed by atoms with van der Waals surface area (Å²) in [6.07, 6.45) is 2.03. The van der Waals surface area contributed by atoms with Gasteiger partial charge in [0.25, 0.3) is 0 Å². The van der Waals surface area contributed by atoms with Crippen LogP contribution in [0.4, 0.5) is 11.4 Å². The summed E-state index contributed by atoms with van der Waals surface area (Å²) in [5.41, 5.74) is 8.79. The molecule has 0 amide bonds. The Bertz CT molecular complexity index is 808. The summed E-state index contributed by atoms with van der Waals surface area (Å²) in [7, 11) is 0. The Morgan fingerprint density at radius 1 is 1.24 bits per heavy atom. The summed E-state index contributed by atoms with van der Waals surface area (Å²) in [6.45, 7) is 0. The standard InChI is InChI=1S/C16H14N2S3/c1-20-14-4-2-3-12(15(14)16(17)19)18-11-5-6-13-10(9-11)7-8-21-13/h2-9,18H,1H3,(H2,17,19). The van der Waals surface area contributed by atoms with Crippen LogP contribution in [0.15, 0.2) is 52.7 Å². The molecule has 3 rings (SSSR count). The van der Waals surface area contributed by atoms with Gasteiger partial charge in [-0.15, -0.1) is 23.1 Å². The molecule has 1 aromatic heterocycles. The molecule has 0 aliphatic rings. The zero-order valence-corrected chi connectivity index (χ0v) is 13.9. The van der Waals surface area contributed by atoms with Crippen LogP contribution in [-0.2, 0) is 0 Å². The van der Waals surface area contributed by atoms with Gasteiger partial charge in [0.2, 0.25) is 0 Å². The fourth-order valence-electron chi connectivity index (χ4n) is 2.26. The average Bonchev–Trinajstić information content (AvgIpc) is 2.94. The lowest BCUT2D eigenvalue weighted by molar-refractivity contribution is 1.40. The van der Waals surface area contributed by atoms with Crippen LogP contribution < -0.4 is 11.1 Å². The minimum atomic E-state index is 0.416. The first-order valence-corrected chi connectivity index (χ1v) is 8.91. The van der Waals surface area contributed by atoms with Crippen molar-refractivity contribution in [1.82, 2.24) is 0 Å². The van der Waals surface area contributed by atoms with Crippen molar-refractivity contribution in [2.45, 2.75) is 4.90 Å². The highest BCUT2D eigenvalue weighted by Gasteiger charge is 2.11. The van der Waals surface area contributed by atoms with E-state index in [1.54, 1.807) is 23.1 Å². The third-order valence-corrected chi connectivity index (χ3v) is 5.11. The molecule has 1 heterocycles. The normalized spacial score (nSPS) is 10.7. The third kappa shape index (κ3) is 2.90. The van der Waals surface area contributed by atoms with Crippen LogP contribution in [0.1, 0.15) is 5.56 Å². The molecule has 0 spiro atoms. The molecule has 0 saturated heterocycles. The van der Waals surface area contributed by atoms with Gasteiger partial charge in [0.1, 0.15) is 4.99 Å². The number of fused-ring (bicyclic) bond motifs is 1. The molecule has 2 nitrogen and oxygen atoms in total. The first-order chi connectivity index (χ1) is 10.2. The zero-order valence-electron chi connectivity index (χ0n) is 11.4. The van der Waals surface area contributed by atoms with E-state index in [9.17, 15) is 0 Å². The first kappa shape index (κ1) is 14.4. The molecule has 0 radical (unpaired) electrons. The third-order valence-electron chi connectivity index (χ3n) is 3.22. The van der Waals surface area contributed by atoms with Gasteiger partial charge in [-0.05, 0) is 53.4 Å². The summed E-state index contributed by atoms with van der Waals surface area (Å²) in [5.74, 6) is 0. The van der Waals surface area contributed by atoms with Crippen LogP contribution >= 0.6 is 35.3 Å². The minimum absolute atomic E-state index is 0.416. The van der Waals surface area contributed by atoms with E-state index in [1.165, 1.54) is 10.1 Å². The number of thiophene rings is 1. The van der Waals surface area contributed by atoms with Crippen molar-refractivity contribution < 1.29 is 0 Å². The molecule has 0 atom stereocenters. The molecule has 0 fully saturated rings. The van der Waals surface area contributed by atoms with Gasteiger partial charge in [-0.3, -0.25) is 0 Å². The number of hydrogen-bond acceptors (Lipinski definition) is 4. The largest absolute Gasteiger partial charge is 0.389 e. The van der Waals surface area contributed by atoms with Crippen molar-refractivity contribution >= 4 is 61.8 Å². The number of rotatable bonds is 4. The van der Waals surface area contributed by atoms with Crippen LogP contribution in [0.3, 0.4) is 0 Å². The molecular formula is C16H14N2S3. The Kier molecular flexibility index (Phi) is 4.14. The van der Waals surface area contributed by atoms with Crippen LogP contribution in [0, 0.1) is 0 Å². The second-order valence-corrected chi connectivity index (χ2v) is 6.78. The van der Waals surface area contributed by atoms with Gasteiger partial charge in [-0.1, -0.05) is 18.3 Å². The summed E-state index contributed by atoms with van der Waals surface area (Å²) in [5, 5.41) is 6.77. The minimum Gasteiger partial charge on any atom is -0.389 e. The summed E-state index contributed by atoms with van der Waals surface area (Å²) in [6, 6.07) is 14.5. The quantitative estimate of drug-likeness (QED) is 0.521. The van der Waals surface area contributed by atoms with Gasteiger partial charge >= 0.3 is 0 Å². The molecule has 0 aliphatic heterocycles. The average molecular weight is 331 g/mol. The second kappa shape index (κ2) is 6.05. The lowest BCUT2D eigenvalue weighted by atomic mass is 10.1. The number of anilines is 2. The second-order valence-electron chi connectivity index (χ2n) is 4.55. The Morgan fingerprint density at radius 2 is 2.10 bits per heavy atom. The van der Waals surface area contributed by atoms with Crippen molar-refractivity contribution in [2.24, 2.45) is 5.73 Å². The van der Waals surface area contributed by atoms with E-state index in [2.05, 4.69) is 35.0 Å². The van der Waals surface area contributed by atoms with Crippen LogP contribution in [0.25, 0.3) is 10.1 Å². The maximum absolute atomic E-state index is 5.90.